The van der Waals surface area contributed by atoms with Crippen molar-refractivity contribution in [1.82, 2.24) is 30.3 Å². The van der Waals surface area contributed by atoms with Gasteiger partial charge in [0.1, 0.15) is 11.2 Å². The van der Waals surface area contributed by atoms with Gasteiger partial charge in [0.2, 0.25) is 5.89 Å². The minimum absolute atomic E-state index is 0.202. The summed E-state index contributed by atoms with van der Waals surface area (Å²) >= 11 is 0. The standard InChI is InChI=1S/C18H18N6O2/c1-11-7-12(2)24(23-11)10-13-8-15(22-21-13)18(25)19-9-17-20-14-5-3-4-6-16(14)26-17/h3-8H,9-10H2,1-2H3,(H,19,25)(H,21,22). The van der Waals surface area contributed by atoms with Gasteiger partial charge in [0.25, 0.3) is 5.91 Å². The van der Waals surface area contributed by atoms with E-state index in [0.717, 1.165) is 22.6 Å². The van der Waals surface area contributed by atoms with Crippen LogP contribution in [-0.2, 0) is 13.1 Å². The quantitative estimate of drug-likeness (QED) is 0.575. The first-order chi connectivity index (χ1) is 12.6. The summed E-state index contributed by atoms with van der Waals surface area (Å²) < 4.78 is 7.45. The van der Waals surface area contributed by atoms with Crippen molar-refractivity contribution < 1.29 is 9.21 Å². The van der Waals surface area contributed by atoms with Gasteiger partial charge >= 0.3 is 0 Å². The second-order valence-corrected chi connectivity index (χ2v) is 6.12. The second kappa shape index (κ2) is 6.47. The molecule has 0 saturated carbocycles. The Balaban J connectivity index is 1.40. The van der Waals surface area contributed by atoms with E-state index in [4.69, 9.17) is 4.42 Å². The van der Waals surface area contributed by atoms with Crippen LogP contribution in [0.1, 0.15) is 33.5 Å². The Kier molecular flexibility index (Phi) is 4.00. The van der Waals surface area contributed by atoms with E-state index < -0.39 is 0 Å². The number of carbonyl (C=O) groups is 1. The molecule has 1 amide bonds. The van der Waals surface area contributed by atoms with Crippen LogP contribution in [0.25, 0.3) is 11.1 Å². The molecule has 4 aromatic rings. The van der Waals surface area contributed by atoms with E-state index >= 15 is 0 Å². The van der Waals surface area contributed by atoms with E-state index in [1.807, 2.05) is 48.9 Å². The van der Waals surface area contributed by atoms with Gasteiger partial charge in [-0.3, -0.25) is 14.6 Å². The molecule has 0 unspecified atom stereocenters. The molecule has 0 aliphatic heterocycles. The monoisotopic (exact) mass is 350 g/mol. The van der Waals surface area contributed by atoms with Crippen LogP contribution in [0.15, 0.2) is 40.8 Å². The second-order valence-electron chi connectivity index (χ2n) is 6.12. The summed E-state index contributed by atoms with van der Waals surface area (Å²) in [6, 6.07) is 11.2. The van der Waals surface area contributed by atoms with Gasteiger partial charge in [0, 0.05) is 5.69 Å². The van der Waals surface area contributed by atoms with Crippen molar-refractivity contribution in [1.29, 1.82) is 0 Å². The van der Waals surface area contributed by atoms with Gasteiger partial charge in [0.05, 0.1) is 24.5 Å². The fraction of sp³-hybridized carbons (Fsp3) is 0.222. The first kappa shape index (κ1) is 16.1. The molecule has 1 aromatic carbocycles. The molecule has 3 aromatic heterocycles. The maximum absolute atomic E-state index is 12.3. The number of aromatic nitrogens is 5. The lowest BCUT2D eigenvalue weighted by molar-refractivity contribution is 0.0942. The van der Waals surface area contributed by atoms with Gasteiger partial charge in [-0.15, -0.1) is 0 Å². The molecule has 0 bridgehead atoms. The van der Waals surface area contributed by atoms with Gasteiger partial charge < -0.3 is 9.73 Å². The Morgan fingerprint density at radius 1 is 1.27 bits per heavy atom. The molecule has 4 rings (SSSR count). The number of amides is 1. The highest BCUT2D eigenvalue weighted by Crippen LogP contribution is 2.14. The Labute approximate surface area is 149 Å². The number of aryl methyl sites for hydroxylation is 2. The van der Waals surface area contributed by atoms with Gasteiger partial charge in [-0.1, -0.05) is 12.1 Å². The maximum Gasteiger partial charge on any atom is 0.272 e. The van der Waals surface area contributed by atoms with E-state index in [9.17, 15) is 4.79 Å². The van der Waals surface area contributed by atoms with E-state index in [1.165, 1.54) is 0 Å². The molecule has 0 atom stereocenters. The number of hydrogen-bond acceptors (Lipinski definition) is 5. The summed E-state index contributed by atoms with van der Waals surface area (Å²) in [6.07, 6.45) is 0. The summed E-state index contributed by atoms with van der Waals surface area (Å²) in [5.74, 6) is 0.168. The first-order valence-corrected chi connectivity index (χ1v) is 8.26. The molecular formula is C18H18N6O2. The third kappa shape index (κ3) is 3.21. The average Bonchev–Trinajstić information content (AvgIpc) is 3.32. The fourth-order valence-corrected chi connectivity index (χ4v) is 2.80. The Morgan fingerprint density at radius 3 is 2.88 bits per heavy atom. The van der Waals surface area contributed by atoms with Crippen molar-refractivity contribution in [2.24, 2.45) is 0 Å². The molecule has 0 radical (unpaired) electrons. The van der Waals surface area contributed by atoms with Gasteiger partial charge in [-0.05, 0) is 38.1 Å². The van der Waals surface area contributed by atoms with Crippen molar-refractivity contribution in [3.05, 3.63) is 65.1 Å². The number of carbonyl (C=O) groups excluding carboxylic acids is 1. The summed E-state index contributed by atoms with van der Waals surface area (Å²) in [4.78, 5) is 16.6. The van der Waals surface area contributed by atoms with E-state index in [2.05, 4.69) is 25.6 Å². The highest BCUT2D eigenvalue weighted by Gasteiger charge is 2.13. The smallest absolute Gasteiger partial charge is 0.272 e. The maximum atomic E-state index is 12.3. The van der Waals surface area contributed by atoms with Crippen LogP contribution < -0.4 is 5.32 Å². The molecule has 8 nitrogen and oxygen atoms in total. The molecular weight excluding hydrogens is 332 g/mol. The number of fused-ring (bicyclic) bond motifs is 1. The Bertz CT molecular complexity index is 1040. The summed E-state index contributed by atoms with van der Waals surface area (Å²) in [6.45, 7) is 4.67. The third-order valence-electron chi connectivity index (χ3n) is 4.03. The molecule has 26 heavy (non-hydrogen) atoms. The van der Waals surface area contributed by atoms with E-state index in [1.54, 1.807) is 6.07 Å². The number of benzene rings is 1. The normalized spacial score (nSPS) is 11.2. The predicted molar refractivity (Wildman–Crippen MR) is 94.6 cm³/mol. The zero-order valence-electron chi connectivity index (χ0n) is 14.5. The molecule has 132 valence electrons. The van der Waals surface area contributed by atoms with Crippen molar-refractivity contribution >= 4 is 17.0 Å². The number of H-pyrrole nitrogens is 1. The van der Waals surface area contributed by atoms with Crippen LogP contribution in [-0.4, -0.2) is 30.9 Å². The van der Waals surface area contributed by atoms with Crippen LogP contribution in [0.2, 0.25) is 0 Å². The van der Waals surface area contributed by atoms with Crippen LogP contribution in [0.3, 0.4) is 0 Å². The molecule has 8 heteroatoms. The Morgan fingerprint density at radius 2 is 2.12 bits per heavy atom. The topological polar surface area (TPSA) is 102 Å². The van der Waals surface area contributed by atoms with Crippen LogP contribution in [0.4, 0.5) is 0 Å². The molecule has 0 fully saturated rings. The SMILES string of the molecule is Cc1cc(C)n(Cc2cc(C(=O)NCc3nc4ccccc4o3)n[nH]2)n1. The highest BCUT2D eigenvalue weighted by atomic mass is 16.3. The predicted octanol–water partition coefficient (Wildman–Crippen LogP) is 2.34. The number of aromatic amines is 1. The number of para-hydroxylation sites is 2. The molecule has 0 aliphatic rings. The number of nitrogens with one attached hydrogen (secondary N) is 2. The first-order valence-electron chi connectivity index (χ1n) is 8.26. The molecule has 2 N–H and O–H groups in total. The minimum atomic E-state index is -0.289. The van der Waals surface area contributed by atoms with Crippen molar-refractivity contribution in [3.8, 4) is 0 Å². The lowest BCUT2D eigenvalue weighted by atomic mass is 10.3. The molecule has 0 aliphatic carbocycles. The zero-order valence-corrected chi connectivity index (χ0v) is 14.5. The van der Waals surface area contributed by atoms with E-state index in [0.29, 0.717) is 23.7 Å². The zero-order chi connectivity index (χ0) is 18.1. The van der Waals surface area contributed by atoms with E-state index in [-0.39, 0.29) is 12.5 Å². The van der Waals surface area contributed by atoms with Crippen molar-refractivity contribution in [2.75, 3.05) is 0 Å². The summed E-state index contributed by atoms with van der Waals surface area (Å²) in [5.41, 5.74) is 4.60. The van der Waals surface area contributed by atoms with Crippen molar-refractivity contribution in [3.63, 3.8) is 0 Å². The minimum Gasteiger partial charge on any atom is -0.439 e. The van der Waals surface area contributed by atoms with Gasteiger partial charge in [0.15, 0.2) is 5.58 Å². The van der Waals surface area contributed by atoms with Crippen LogP contribution >= 0.6 is 0 Å². The lowest BCUT2D eigenvalue weighted by Crippen LogP contribution is -2.23. The Hall–Kier alpha value is -3.42. The van der Waals surface area contributed by atoms with Crippen LogP contribution in [0, 0.1) is 13.8 Å². The number of oxazole rings is 1. The number of nitrogens with zero attached hydrogens (tertiary/aromatic N) is 4. The largest absolute Gasteiger partial charge is 0.439 e. The fourth-order valence-electron chi connectivity index (χ4n) is 2.80. The number of hydrogen-bond donors (Lipinski definition) is 2. The lowest BCUT2D eigenvalue weighted by Gasteiger charge is -2.01. The van der Waals surface area contributed by atoms with Crippen molar-refractivity contribution in [2.45, 2.75) is 26.9 Å². The van der Waals surface area contributed by atoms with Gasteiger partial charge in [-0.25, -0.2) is 4.98 Å². The summed E-state index contributed by atoms with van der Waals surface area (Å²) in [5, 5.41) is 14.1. The number of rotatable bonds is 5. The highest BCUT2D eigenvalue weighted by molar-refractivity contribution is 5.92. The summed E-state index contributed by atoms with van der Waals surface area (Å²) in [7, 11) is 0. The molecule has 0 saturated heterocycles. The average molecular weight is 350 g/mol. The third-order valence-corrected chi connectivity index (χ3v) is 4.03. The molecule has 0 spiro atoms. The van der Waals surface area contributed by atoms with Crippen LogP contribution in [0.5, 0.6) is 0 Å². The van der Waals surface area contributed by atoms with Gasteiger partial charge in [-0.2, -0.15) is 10.2 Å². The molecule has 3 heterocycles.